The largest absolute Gasteiger partial charge is 0.494 e. The number of nitrogens with zero attached hydrogens (tertiary/aromatic N) is 1. The van der Waals surface area contributed by atoms with Crippen molar-refractivity contribution in [1.82, 2.24) is 9.88 Å². The van der Waals surface area contributed by atoms with Gasteiger partial charge in [0.05, 0.1) is 12.8 Å². The van der Waals surface area contributed by atoms with Crippen molar-refractivity contribution in [2.24, 2.45) is 0 Å². The van der Waals surface area contributed by atoms with Gasteiger partial charge in [0.1, 0.15) is 11.8 Å². The highest BCUT2D eigenvalue weighted by Crippen LogP contribution is 2.36. The van der Waals surface area contributed by atoms with Gasteiger partial charge in [-0.3, -0.25) is 14.9 Å². The number of piperidine rings is 1. The summed E-state index contributed by atoms with van der Waals surface area (Å²) in [4.78, 5) is 23.4. The zero-order valence-electron chi connectivity index (χ0n) is 13.4. The molecule has 1 aliphatic heterocycles. The normalized spacial score (nSPS) is 17.7. The lowest BCUT2D eigenvalue weighted by atomic mass is 10.1. The van der Waals surface area contributed by atoms with Crippen LogP contribution in [0.5, 0.6) is 5.88 Å². The van der Waals surface area contributed by atoms with Crippen LogP contribution in [0.15, 0.2) is 47.2 Å². The molecule has 1 unspecified atom stereocenters. The average molecular weight is 339 g/mol. The first-order chi connectivity index (χ1) is 12.1. The van der Waals surface area contributed by atoms with Gasteiger partial charge in [0.2, 0.25) is 11.8 Å². The van der Waals surface area contributed by atoms with Crippen LogP contribution in [0.3, 0.4) is 0 Å². The Bertz CT molecular complexity index is 943. The third kappa shape index (κ3) is 2.73. The minimum Gasteiger partial charge on any atom is -0.494 e. The van der Waals surface area contributed by atoms with Crippen LogP contribution in [0.25, 0.3) is 10.8 Å². The number of hydrogen-bond donors (Lipinski definition) is 3. The van der Waals surface area contributed by atoms with Gasteiger partial charge in [0.15, 0.2) is 5.88 Å². The van der Waals surface area contributed by atoms with Gasteiger partial charge in [-0.15, -0.1) is 0 Å². The first-order valence-corrected chi connectivity index (χ1v) is 8.06. The van der Waals surface area contributed by atoms with Gasteiger partial charge in [0.25, 0.3) is 0 Å². The number of fused-ring (bicyclic) bond motifs is 1. The maximum atomic E-state index is 12.1. The van der Waals surface area contributed by atoms with E-state index in [1.54, 1.807) is 18.5 Å². The molecule has 1 aliphatic rings. The molecule has 1 fully saturated rings. The highest BCUT2D eigenvalue weighted by Gasteiger charge is 2.30. The lowest BCUT2D eigenvalue weighted by Gasteiger charge is -2.22. The van der Waals surface area contributed by atoms with E-state index in [2.05, 4.69) is 10.6 Å². The van der Waals surface area contributed by atoms with Crippen LogP contribution in [0.2, 0.25) is 0 Å². The van der Waals surface area contributed by atoms with Crippen molar-refractivity contribution < 1.29 is 19.1 Å². The van der Waals surface area contributed by atoms with E-state index in [9.17, 15) is 14.7 Å². The molecule has 7 heteroatoms. The number of carbonyl (C=O) groups excluding carboxylic acids is 2. The van der Waals surface area contributed by atoms with Crippen molar-refractivity contribution in [3.8, 4) is 5.88 Å². The first kappa shape index (κ1) is 15.3. The van der Waals surface area contributed by atoms with E-state index in [0.717, 1.165) is 16.8 Å². The third-order valence-electron chi connectivity index (χ3n) is 4.44. The number of nitrogens with one attached hydrogen (secondary N) is 2. The third-order valence-corrected chi connectivity index (χ3v) is 4.44. The second kappa shape index (κ2) is 6.01. The molecular formula is C18H17N3O4. The predicted molar refractivity (Wildman–Crippen MR) is 91.1 cm³/mol. The van der Waals surface area contributed by atoms with Crippen molar-refractivity contribution in [2.45, 2.75) is 25.4 Å². The average Bonchev–Trinajstić information content (AvgIpc) is 3.22. The molecule has 0 spiro atoms. The molecule has 25 heavy (non-hydrogen) atoms. The number of aromatic nitrogens is 1. The number of amides is 2. The van der Waals surface area contributed by atoms with Gasteiger partial charge in [-0.05, 0) is 30.7 Å². The summed E-state index contributed by atoms with van der Waals surface area (Å²) in [5.74, 6) is 0.146. The molecule has 3 aromatic rings. The Kier molecular flexibility index (Phi) is 3.68. The molecule has 7 nitrogen and oxygen atoms in total. The molecule has 0 saturated carbocycles. The predicted octanol–water partition coefficient (Wildman–Crippen LogP) is 2.53. The molecule has 0 aliphatic carbocycles. The molecule has 0 bridgehead atoms. The Hall–Kier alpha value is -3.22. The number of furan rings is 1. The number of imide groups is 1. The molecule has 4 rings (SSSR count). The molecule has 128 valence electrons. The van der Waals surface area contributed by atoms with Crippen LogP contribution >= 0.6 is 0 Å². The number of hydrogen-bond acceptors (Lipinski definition) is 5. The Balaban J connectivity index is 1.68. The summed E-state index contributed by atoms with van der Waals surface area (Å²) < 4.78 is 6.85. The monoisotopic (exact) mass is 339 g/mol. The Morgan fingerprint density at radius 2 is 2.12 bits per heavy atom. The molecular weight excluding hydrogens is 322 g/mol. The smallest absolute Gasteiger partial charge is 0.249 e. The lowest BCUT2D eigenvalue weighted by Crippen LogP contribution is -2.41. The summed E-state index contributed by atoms with van der Waals surface area (Å²) in [6.45, 7) is 0.510. The topological polar surface area (TPSA) is 96.5 Å². The Morgan fingerprint density at radius 1 is 1.24 bits per heavy atom. The molecule has 1 aromatic carbocycles. The molecule has 2 aromatic heterocycles. The van der Waals surface area contributed by atoms with E-state index < -0.39 is 11.9 Å². The molecule has 3 N–H and O–H groups in total. The maximum Gasteiger partial charge on any atom is 0.249 e. The quantitative estimate of drug-likeness (QED) is 0.635. The van der Waals surface area contributed by atoms with Crippen LogP contribution in [0.4, 0.5) is 5.69 Å². The number of anilines is 1. The van der Waals surface area contributed by atoms with Crippen molar-refractivity contribution in [3.63, 3.8) is 0 Å². The summed E-state index contributed by atoms with van der Waals surface area (Å²) in [7, 11) is 0. The minimum atomic E-state index is -0.594. The Labute approximate surface area is 143 Å². The standard InChI is InChI=1S/C18H17N3O4/c22-16-7-6-15(17(23)20-16)21-10-13-12(18(21)24)4-1-5-14(13)19-9-11-3-2-8-25-11/h1-5,8,10,15,19,24H,6-7,9H2,(H,20,22,23). The molecule has 3 heterocycles. The summed E-state index contributed by atoms with van der Waals surface area (Å²) >= 11 is 0. The van der Waals surface area contributed by atoms with Crippen LogP contribution in [-0.4, -0.2) is 21.5 Å². The molecule has 1 saturated heterocycles. The maximum absolute atomic E-state index is 12.1. The fraction of sp³-hybridized carbons (Fsp3) is 0.222. The summed E-state index contributed by atoms with van der Waals surface area (Å²) in [6.07, 6.45) is 3.99. The lowest BCUT2D eigenvalue weighted by molar-refractivity contribution is -0.135. The zero-order chi connectivity index (χ0) is 17.4. The molecule has 0 radical (unpaired) electrons. The van der Waals surface area contributed by atoms with E-state index in [4.69, 9.17) is 4.42 Å². The fourth-order valence-electron chi connectivity index (χ4n) is 3.17. The summed E-state index contributed by atoms with van der Waals surface area (Å²) in [5, 5.41) is 17.6. The van der Waals surface area contributed by atoms with Crippen LogP contribution < -0.4 is 10.6 Å². The molecule has 2 amide bonds. The van der Waals surface area contributed by atoms with Gasteiger partial charge < -0.3 is 19.4 Å². The number of carbonyl (C=O) groups is 2. The van der Waals surface area contributed by atoms with E-state index in [0.29, 0.717) is 18.4 Å². The van der Waals surface area contributed by atoms with Crippen molar-refractivity contribution >= 4 is 28.3 Å². The van der Waals surface area contributed by atoms with Crippen LogP contribution in [-0.2, 0) is 16.1 Å². The minimum absolute atomic E-state index is 0.0196. The van der Waals surface area contributed by atoms with Crippen molar-refractivity contribution in [2.75, 3.05) is 5.32 Å². The number of aromatic hydroxyl groups is 1. The van der Waals surface area contributed by atoms with E-state index in [1.807, 2.05) is 24.3 Å². The van der Waals surface area contributed by atoms with Gasteiger partial charge >= 0.3 is 0 Å². The van der Waals surface area contributed by atoms with Gasteiger partial charge in [-0.2, -0.15) is 0 Å². The van der Waals surface area contributed by atoms with E-state index in [-0.39, 0.29) is 18.2 Å². The van der Waals surface area contributed by atoms with Gasteiger partial charge in [-0.1, -0.05) is 6.07 Å². The van der Waals surface area contributed by atoms with Crippen molar-refractivity contribution in [1.29, 1.82) is 0 Å². The van der Waals surface area contributed by atoms with Crippen LogP contribution in [0.1, 0.15) is 24.6 Å². The Morgan fingerprint density at radius 3 is 2.88 bits per heavy atom. The van der Waals surface area contributed by atoms with Gasteiger partial charge in [-0.25, -0.2) is 0 Å². The summed E-state index contributed by atoms with van der Waals surface area (Å²) in [5.41, 5.74) is 0.829. The fourth-order valence-corrected chi connectivity index (χ4v) is 3.17. The summed E-state index contributed by atoms with van der Waals surface area (Å²) in [6, 6.07) is 8.64. The highest BCUT2D eigenvalue weighted by atomic mass is 16.3. The van der Waals surface area contributed by atoms with Crippen LogP contribution in [0, 0.1) is 0 Å². The second-order valence-corrected chi connectivity index (χ2v) is 6.03. The highest BCUT2D eigenvalue weighted by molar-refractivity contribution is 6.01. The first-order valence-electron chi connectivity index (χ1n) is 8.06. The zero-order valence-corrected chi connectivity index (χ0v) is 13.4. The van der Waals surface area contributed by atoms with Crippen molar-refractivity contribution in [3.05, 3.63) is 48.6 Å². The number of benzene rings is 1. The number of rotatable bonds is 4. The second-order valence-electron chi connectivity index (χ2n) is 6.03. The molecule has 1 atom stereocenters. The SMILES string of the molecule is O=C1CCC(n2cc3c(NCc4ccco4)cccc3c2O)C(=O)N1. The van der Waals surface area contributed by atoms with Gasteiger partial charge in [0, 0.05) is 29.1 Å². The van der Waals surface area contributed by atoms with E-state index >= 15 is 0 Å². The van der Waals surface area contributed by atoms with E-state index in [1.165, 1.54) is 4.57 Å².